The van der Waals surface area contributed by atoms with Crippen molar-refractivity contribution in [2.45, 2.75) is 6.54 Å². The van der Waals surface area contributed by atoms with Gasteiger partial charge in [0.2, 0.25) is 5.88 Å². The molecule has 0 spiro atoms. The van der Waals surface area contributed by atoms with Crippen LogP contribution in [0.3, 0.4) is 0 Å². The molecule has 0 saturated heterocycles. The molecule has 0 aliphatic carbocycles. The lowest BCUT2D eigenvalue weighted by molar-refractivity contribution is 0.467. The van der Waals surface area contributed by atoms with Gasteiger partial charge in [0, 0.05) is 4.47 Å². The van der Waals surface area contributed by atoms with Gasteiger partial charge in [-0.2, -0.15) is 4.98 Å². The first-order chi connectivity index (χ1) is 12.2. The van der Waals surface area contributed by atoms with Gasteiger partial charge in [-0.3, -0.25) is 9.55 Å². The fourth-order valence-electron chi connectivity index (χ4n) is 2.55. The van der Waals surface area contributed by atoms with Crippen LogP contribution >= 0.6 is 15.9 Å². The summed E-state index contributed by atoms with van der Waals surface area (Å²) in [5.74, 6) is 0.941. The van der Waals surface area contributed by atoms with Crippen molar-refractivity contribution < 1.29 is 4.74 Å². The van der Waals surface area contributed by atoms with Crippen molar-refractivity contribution in [3.63, 3.8) is 0 Å². The molecule has 0 radical (unpaired) electrons. The van der Waals surface area contributed by atoms with Crippen LogP contribution in [0.15, 0.2) is 70.2 Å². The van der Waals surface area contributed by atoms with E-state index in [0.29, 0.717) is 29.3 Å². The molecular weight excluding hydrogens is 384 g/mol. The van der Waals surface area contributed by atoms with Crippen LogP contribution in [0.25, 0.3) is 11.2 Å². The van der Waals surface area contributed by atoms with Crippen LogP contribution < -0.4 is 10.4 Å². The van der Waals surface area contributed by atoms with Gasteiger partial charge >= 0.3 is 5.69 Å². The highest BCUT2D eigenvalue weighted by Crippen LogP contribution is 2.25. The van der Waals surface area contributed by atoms with Gasteiger partial charge in [-0.15, -0.1) is 0 Å². The molecule has 2 aromatic carbocycles. The number of ether oxygens (including phenoxy) is 1. The number of imidazole rings is 1. The highest BCUT2D eigenvalue weighted by Gasteiger charge is 2.14. The van der Waals surface area contributed by atoms with Gasteiger partial charge < -0.3 is 4.74 Å². The Hall–Kier alpha value is -2.93. The van der Waals surface area contributed by atoms with Gasteiger partial charge in [-0.25, -0.2) is 9.78 Å². The molecule has 0 amide bonds. The van der Waals surface area contributed by atoms with Crippen molar-refractivity contribution in [3.8, 4) is 11.6 Å². The van der Waals surface area contributed by atoms with Crippen LogP contribution in [0.2, 0.25) is 0 Å². The van der Waals surface area contributed by atoms with Crippen LogP contribution in [0.1, 0.15) is 5.56 Å². The van der Waals surface area contributed by atoms with Crippen LogP contribution in [-0.4, -0.2) is 19.5 Å². The number of fused-ring (bicyclic) bond motifs is 1. The summed E-state index contributed by atoms with van der Waals surface area (Å²) >= 11 is 3.38. The topological polar surface area (TPSA) is 72.8 Å². The number of benzene rings is 2. The fraction of sp³-hybridized carbons (Fsp3) is 0.0556. The molecule has 1 N–H and O–H groups in total. The first-order valence-corrected chi connectivity index (χ1v) is 8.41. The molecule has 0 aliphatic heterocycles. The second-order valence-corrected chi connectivity index (χ2v) is 6.35. The van der Waals surface area contributed by atoms with Crippen LogP contribution in [0.5, 0.6) is 11.6 Å². The summed E-state index contributed by atoms with van der Waals surface area (Å²) in [6.45, 7) is 0.425. The molecule has 2 aromatic heterocycles. The van der Waals surface area contributed by atoms with E-state index >= 15 is 0 Å². The third kappa shape index (κ3) is 3.18. The zero-order valence-corrected chi connectivity index (χ0v) is 14.6. The van der Waals surface area contributed by atoms with E-state index < -0.39 is 0 Å². The Morgan fingerprint density at radius 1 is 1.04 bits per heavy atom. The minimum atomic E-state index is -0.250. The van der Waals surface area contributed by atoms with E-state index in [1.807, 2.05) is 54.6 Å². The Labute approximate surface area is 151 Å². The summed E-state index contributed by atoms with van der Waals surface area (Å²) in [4.78, 5) is 23.6. The number of H-pyrrole nitrogens is 1. The second kappa shape index (κ2) is 6.52. The van der Waals surface area contributed by atoms with E-state index in [9.17, 15) is 4.79 Å². The van der Waals surface area contributed by atoms with Crippen molar-refractivity contribution >= 4 is 27.1 Å². The van der Waals surface area contributed by atoms with Crippen molar-refractivity contribution in [2.75, 3.05) is 0 Å². The zero-order chi connectivity index (χ0) is 17.2. The summed E-state index contributed by atoms with van der Waals surface area (Å²) in [5, 5.41) is 0. The second-order valence-electron chi connectivity index (χ2n) is 5.44. The lowest BCUT2D eigenvalue weighted by atomic mass is 10.2. The molecule has 0 saturated carbocycles. The minimum Gasteiger partial charge on any atom is -0.437 e. The number of hydrogen-bond acceptors (Lipinski definition) is 4. The van der Waals surface area contributed by atoms with Gasteiger partial charge in [0.25, 0.3) is 0 Å². The van der Waals surface area contributed by atoms with E-state index in [1.165, 1.54) is 6.33 Å². The molecule has 4 rings (SSSR count). The van der Waals surface area contributed by atoms with E-state index in [-0.39, 0.29) is 5.69 Å². The number of rotatable bonds is 4. The highest BCUT2D eigenvalue weighted by molar-refractivity contribution is 9.10. The molecule has 0 bridgehead atoms. The predicted octanol–water partition coefficient (Wildman–Crippen LogP) is 3.72. The molecule has 4 aromatic rings. The monoisotopic (exact) mass is 396 g/mol. The van der Waals surface area contributed by atoms with Gasteiger partial charge in [0.1, 0.15) is 17.6 Å². The lowest BCUT2D eigenvalue weighted by Crippen LogP contribution is -2.17. The normalized spacial score (nSPS) is 10.9. The average molecular weight is 397 g/mol. The molecule has 0 unspecified atom stereocenters. The molecule has 0 aliphatic rings. The number of nitrogens with one attached hydrogen (secondary N) is 1. The van der Waals surface area contributed by atoms with Crippen molar-refractivity contribution in [1.29, 1.82) is 0 Å². The first kappa shape index (κ1) is 15.6. The molecule has 7 heteroatoms. The Balaban J connectivity index is 1.74. The maximum Gasteiger partial charge on any atom is 0.328 e. The Morgan fingerprint density at radius 3 is 2.56 bits per heavy atom. The predicted molar refractivity (Wildman–Crippen MR) is 97.9 cm³/mol. The Kier molecular flexibility index (Phi) is 4.07. The fourth-order valence-corrected chi connectivity index (χ4v) is 2.81. The summed E-state index contributed by atoms with van der Waals surface area (Å²) in [5.41, 5.74) is 1.75. The quantitative estimate of drug-likeness (QED) is 0.570. The van der Waals surface area contributed by atoms with Gasteiger partial charge in [-0.05, 0) is 29.8 Å². The van der Waals surface area contributed by atoms with Crippen molar-refractivity contribution in [1.82, 2.24) is 19.5 Å². The average Bonchev–Trinajstić information content (AvgIpc) is 2.95. The number of hydrogen-bond donors (Lipinski definition) is 1. The van der Waals surface area contributed by atoms with Crippen molar-refractivity contribution in [3.05, 3.63) is 81.4 Å². The van der Waals surface area contributed by atoms with E-state index in [1.54, 1.807) is 4.57 Å². The van der Waals surface area contributed by atoms with E-state index in [2.05, 4.69) is 30.9 Å². The van der Waals surface area contributed by atoms with Crippen LogP contribution in [0.4, 0.5) is 0 Å². The van der Waals surface area contributed by atoms with Gasteiger partial charge in [0.15, 0.2) is 5.65 Å². The molecule has 0 fully saturated rings. The number of halogens is 1. The summed E-state index contributed by atoms with van der Waals surface area (Å²) in [7, 11) is 0. The maximum atomic E-state index is 12.4. The summed E-state index contributed by atoms with van der Waals surface area (Å²) < 4.78 is 8.33. The molecule has 2 heterocycles. The third-order valence-corrected chi connectivity index (χ3v) is 4.27. The zero-order valence-electron chi connectivity index (χ0n) is 13.0. The Morgan fingerprint density at radius 2 is 1.80 bits per heavy atom. The minimum absolute atomic E-state index is 0.250. The first-order valence-electron chi connectivity index (χ1n) is 7.61. The maximum absolute atomic E-state index is 12.4. The number of aromatic nitrogens is 4. The lowest BCUT2D eigenvalue weighted by Gasteiger charge is -2.06. The van der Waals surface area contributed by atoms with E-state index in [4.69, 9.17) is 4.74 Å². The Bertz CT molecular complexity index is 1070. The van der Waals surface area contributed by atoms with Crippen LogP contribution in [-0.2, 0) is 6.54 Å². The SMILES string of the molecule is O=c1[nH]c2c(Oc3ccc(Br)cc3)ncnc2n1Cc1ccccc1. The summed E-state index contributed by atoms with van der Waals surface area (Å²) in [6.07, 6.45) is 1.39. The molecule has 124 valence electrons. The van der Waals surface area contributed by atoms with Gasteiger partial charge in [-0.1, -0.05) is 46.3 Å². The molecule has 0 atom stereocenters. The summed E-state index contributed by atoms with van der Waals surface area (Å²) in [6, 6.07) is 17.1. The molecule has 6 nitrogen and oxygen atoms in total. The molecule has 25 heavy (non-hydrogen) atoms. The number of nitrogens with zero attached hydrogens (tertiary/aromatic N) is 3. The largest absolute Gasteiger partial charge is 0.437 e. The third-order valence-electron chi connectivity index (χ3n) is 3.74. The number of aromatic amines is 1. The van der Waals surface area contributed by atoms with E-state index in [0.717, 1.165) is 10.0 Å². The standard InChI is InChI=1S/C18H13BrN4O2/c19-13-6-8-14(9-7-13)25-17-15-16(20-11-21-17)23(18(24)22-15)10-12-4-2-1-3-5-12/h1-9,11H,10H2,(H,22,24). The smallest absolute Gasteiger partial charge is 0.328 e. The van der Waals surface area contributed by atoms with Crippen molar-refractivity contribution in [2.24, 2.45) is 0 Å². The highest BCUT2D eigenvalue weighted by atomic mass is 79.9. The van der Waals surface area contributed by atoms with Crippen LogP contribution in [0, 0.1) is 0 Å². The van der Waals surface area contributed by atoms with Gasteiger partial charge in [0.05, 0.1) is 6.54 Å². The molecular formula is C18H13BrN4O2.